The Bertz CT molecular complexity index is 363. The normalized spacial score (nSPS) is 12.6. The van der Waals surface area contributed by atoms with Crippen LogP contribution >= 0.6 is 0 Å². The predicted molar refractivity (Wildman–Crippen MR) is 52.7 cm³/mol. The highest BCUT2D eigenvalue weighted by atomic mass is 16.7. The molecule has 1 aromatic carbocycles. The summed E-state index contributed by atoms with van der Waals surface area (Å²) >= 11 is 0. The Kier molecular flexibility index (Phi) is 2.18. The summed E-state index contributed by atoms with van der Waals surface area (Å²) in [6, 6.07) is 3.42. The number of nitrogen functional groups attached to an aromatic ring is 1. The van der Waals surface area contributed by atoms with Crippen LogP contribution in [-0.4, -0.2) is 13.4 Å². The standard InChI is InChI=1S/C10H11NO3/c1-2-3-12-8-4-7(11)5-9-10(8)14-6-13-9/h2,4-5H,1,3,6,11H2. The molecule has 1 aliphatic rings. The molecular formula is C10H11NO3. The van der Waals surface area contributed by atoms with Crippen molar-refractivity contribution in [3.63, 3.8) is 0 Å². The van der Waals surface area contributed by atoms with Crippen LogP contribution in [0.2, 0.25) is 0 Å². The molecule has 0 bridgehead atoms. The topological polar surface area (TPSA) is 53.7 Å². The number of benzene rings is 1. The Morgan fingerprint density at radius 3 is 3.14 bits per heavy atom. The molecule has 2 rings (SSSR count). The Morgan fingerprint density at radius 1 is 1.50 bits per heavy atom. The molecule has 1 heterocycles. The molecule has 0 fully saturated rings. The van der Waals surface area contributed by atoms with Gasteiger partial charge in [-0.2, -0.15) is 0 Å². The van der Waals surface area contributed by atoms with E-state index in [0.717, 1.165) is 0 Å². The van der Waals surface area contributed by atoms with Gasteiger partial charge in [0.1, 0.15) is 6.61 Å². The van der Waals surface area contributed by atoms with Gasteiger partial charge in [-0.25, -0.2) is 0 Å². The van der Waals surface area contributed by atoms with E-state index in [2.05, 4.69) is 6.58 Å². The van der Waals surface area contributed by atoms with E-state index in [9.17, 15) is 0 Å². The fourth-order valence-corrected chi connectivity index (χ4v) is 1.25. The van der Waals surface area contributed by atoms with Crippen LogP contribution < -0.4 is 19.9 Å². The lowest BCUT2D eigenvalue weighted by atomic mass is 10.2. The van der Waals surface area contributed by atoms with Crippen LogP contribution in [0.5, 0.6) is 17.2 Å². The largest absolute Gasteiger partial charge is 0.485 e. The molecule has 0 radical (unpaired) electrons. The summed E-state index contributed by atoms with van der Waals surface area (Å²) in [5, 5.41) is 0. The average molecular weight is 193 g/mol. The van der Waals surface area contributed by atoms with Gasteiger partial charge in [0.05, 0.1) is 0 Å². The molecule has 0 aliphatic carbocycles. The third kappa shape index (κ3) is 1.46. The van der Waals surface area contributed by atoms with E-state index in [1.165, 1.54) is 0 Å². The molecule has 0 saturated heterocycles. The van der Waals surface area contributed by atoms with Crippen molar-refractivity contribution in [1.29, 1.82) is 0 Å². The average Bonchev–Trinajstić information content (AvgIpc) is 2.61. The first-order valence-corrected chi connectivity index (χ1v) is 4.24. The van der Waals surface area contributed by atoms with E-state index in [4.69, 9.17) is 19.9 Å². The summed E-state index contributed by atoms with van der Waals surface area (Å²) in [5.74, 6) is 1.84. The molecule has 0 atom stereocenters. The molecule has 0 unspecified atom stereocenters. The molecule has 0 spiro atoms. The minimum atomic E-state index is 0.212. The quantitative estimate of drug-likeness (QED) is 0.584. The van der Waals surface area contributed by atoms with Crippen molar-refractivity contribution in [2.75, 3.05) is 19.1 Å². The Balaban J connectivity index is 2.33. The lowest BCUT2D eigenvalue weighted by Gasteiger charge is -2.07. The second-order valence-corrected chi connectivity index (χ2v) is 2.85. The number of hydrogen-bond acceptors (Lipinski definition) is 4. The number of nitrogens with two attached hydrogens (primary N) is 1. The summed E-state index contributed by atoms with van der Waals surface area (Å²) in [5.41, 5.74) is 6.25. The molecule has 4 heteroatoms. The second-order valence-electron chi connectivity index (χ2n) is 2.85. The Hall–Kier alpha value is -1.84. The number of fused-ring (bicyclic) bond motifs is 1. The molecule has 0 aromatic heterocycles. The van der Waals surface area contributed by atoms with E-state index in [0.29, 0.717) is 29.5 Å². The van der Waals surface area contributed by atoms with Gasteiger partial charge in [0.25, 0.3) is 0 Å². The summed E-state index contributed by atoms with van der Waals surface area (Å²) in [7, 11) is 0. The third-order valence-corrected chi connectivity index (χ3v) is 1.82. The molecule has 0 saturated carbocycles. The third-order valence-electron chi connectivity index (χ3n) is 1.82. The van der Waals surface area contributed by atoms with Crippen LogP contribution in [0, 0.1) is 0 Å². The van der Waals surface area contributed by atoms with Crippen molar-refractivity contribution in [3.05, 3.63) is 24.8 Å². The van der Waals surface area contributed by atoms with Crippen LogP contribution in [0.15, 0.2) is 24.8 Å². The molecule has 0 amide bonds. The minimum absolute atomic E-state index is 0.212. The van der Waals surface area contributed by atoms with Crippen molar-refractivity contribution in [1.82, 2.24) is 0 Å². The van der Waals surface area contributed by atoms with Gasteiger partial charge < -0.3 is 19.9 Å². The van der Waals surface area contributed by atoms with Gasteiger partial charge in [-0.15, -0.1) is 0 Å². The predicted octanol–water partition coefficient (Wildman–Crippen LogP) is 1.56. The highest BCUT2D eigenvalue weighted by molar-refractivity contribution is 5.61. The van der Waals surface area contributed by atoms with Gasteiger partial charge in [0.2, 0.25) is 12.5 Å². The molecule has 14 heavy (non-hydrogen) atoms. The van der Waals surface area contributed by atoms with E-state index >= 15 is 0 Å². The highest BCUT2D eigenvalue weighted by Gasteiger charge is 2.19. The smallest absolute Gasteiger partial charge is 0.231 e. The maximum atomic E-state index is 5.66. The molecule has 74 valence electrons. The van der Waals surface area contributed by atoms with Gasteiger partial charge in [-0.3, -0.25) is 0 Å². The summed E-state index contributed by atoms with van der Waals surface area (Å²) in [4.78, 5) is 0. The molecule has 2 N–H and O–H groups in total. The van der Waals surface area contributed by atoms with E-state index in [1.807, 2.05) is 0 Å². The number of ether oxygens (including phenoxy) is 3. The van der Waals surface area contributed by atoms with Gasteiger partial charge in [0, 0.05) is 17.8 Å². The zero-order chi connectivity index (χ0) is 9.97. The van der Waals surface area contributed by atoms with Crippen LogP contribution in [0.25, 0.3) is 0 Å². The van der Waals surface area contributed by atoms with Crippen LogP contribution in [0.1, 0.15) is 0 Å². The van der Waals surface area contributed by atoms with Crippen molar-refractivity contribution in [2.24, 2.45) is 0 Å². The number of hydrogen-bond donors (Lipinski definition) is 1. The first-order valence-electron chi connectivity index (χ1n) is 4.24. The maximum Gasteiger partial charge on any atom is 0.231 e. The van der Waals surface area contributed by atoms with Crippen molar-refractivity contribution in [3.8, 4) is 17.2 Å². The molecule has 1 aliphatic heterocycles. The van der Waals surface area contributed by atoms with Crippen molar-refractivity contribution >= 4 is 5.69 Å². The van der Waals surface area contributed by atoms with E-state index in [-0.39, 0.29) is 6.79 Å². The van der Waals surface area contributed by atoms with E-state index < -0.39 is 0 Å². The zero-order valence-electron chi connectivity index (χ0n) is 7.66. The molecule has 4 nitrogen and oxygen atoms in total. The van der Waals surface area contributed by atoms with Crippen molar-refractivity contribution in [2.45, 2.75) is 0 Å². The number of anilines is 1. The Labute approximate surface area is 81.9 Å². The van der Waals surface area contributed by atoms with Crippen molar-refractivity contribution < 1.29 is 14.2 Å². The fraction of sp³-hybridized carbons (Fsp3) is 0.200. The summed E-state index contributed by atoms with van der Waals surface area (Å²) in [6.45, 7) is 4.19. The van der Waals surface area contributed by atoms with Gasteiger partial charge in [0.15, 0.2) is 11.5 Å². The SMILES string of the molecule is C=CCOc1cc(N)cc2c1OCO2. The lowest BCUT2D eigenvalue weighted by molar-refractivity contribution is 0.170. The highest BCUT2D eigenvalue weighted by Crippen LogP contribution is 2.42. The summed E-state index contributed by atoms with van der Waals surface area (Å²) < 4.78 is 15.8. The van der Waals surface area contributed by atoms with Gasteiger partial charge >= 0.3 is 0 Å². The Morgan fingerprint density at radius 2 is 2.36 bits per heavy atom. The monoisotopic (exact) mass is 193 g/mol. The summed E-state index contributed by atoms with van der Waals surface area (Å²) in [6.07, 6.45) is 1.66. The minimum Gasteiger partial charge on any atom is -0.485 e. The van der Waals surface area contributed by atoms with Crippen LogP contribution in [0.4, 0.5) is 5.69 Å². The second kappa shape index (κ2) is 3.49. The zero-order valence-corrected chi connectivity index (χ0v) is 7.66. The van der Waals surface area contributed by atoms with Crippen LogP contribution in [0.3, 0.4) is 0 Å². The fourth-order valence-electron chi connectivity index (χ4n) is 1.25. The first kappa shape index (κ1) is 8.74. The maximum absolute atomic E-state index is 5.66. The molecular weight excluding hydrogens is 182 g/mol. The number of rotatable bonds is 3. The lowest BCUT2D eigenvalue weighted by Crippen LogP contribution is -1.96. The van der Waals surface area contributed by atoms with E-state index in [1.54, 1.807) is 18.2 Å². The van der Waals surface area contributed by atoms with Gasteiger partial charge in [-0.1, -0.05) is 12.7 Å². The first-order chi connectivity index (χ1) is 6.81. The van der Waals surface area contributed by atoms with Gasteiger partial charge in [-0.05, 0) is 0 Å². The van der Waals surface area contributed by atoms with Crippen LogP contribution in [-0.2, 0) is 0 Å². The molecule has 1 aromatic rings.